The second-order valence-electron chi connectivity index (χ2n) is 4.04. The number of pyridine rings is 1. The van der Waals surface area contributed by atoms with Gasteiger partial charge in [0.05, 0.1) is 0 Å². The number of amides is 2. The van der Waals surface area contributed by atoms with Gasteiger partial charge in [0.15, 0.2) is 0 Å². The van der Waals surface area contributed by atoms with Crippen LogP contribution in [0.2, 0.25) is 0 Å². The molecule has 0 atom stereocenters. The Morgan fingerprint density at radius 2 is 1.89 bits per heavy atom. The summed E-state index contributed by atoms with van der Waals surface area (Å²) in [5.74, 6) is 0.528. The van der Waals surface area contributed by atoms with Gasteiger partial charge in [-0.25, -0.2) is 9.78 Å². The van der Waals surface area contributed by atoms with E-state index in [0.717, 1.165) is 16.8 Å². The second-order valence-corrected chi connectivity index (χ2v) is 4.04. The van der Waals surface area contributed by atoms with Gasteiger partial charge >= 0.3 is 6.03 Å². The van der Waals surface area contributed by atoms with Gasteiger partial charge in [-0.05, 0) is 43.2 Å². The predicted octanol–water partition coefficient (Wildman–Crippen LogP) is 3.34. The number of nitrogens with one attached hydrogen (secondary N) is 2. The smallest absolute Gasteiger partial charge is 0.307 e. The Hall–Kier alpha value is -2.36. The quantitative estimate of drug-likeness (QED) is 0.847. The highest BCUT2D eigenvalue weighted by Gasteiger charge is 2.06. The molecule has 1 aromatic carbocycles. The normalized spacial score (nSPS) is 9.89. The van der Waals surface area contributed by atoms with Crippen molar-refractivity contribution in [3.05, 3.63) is 53.7 Å². The van der Waals surface area contributed by atoms with Crippen molar-refractivity contribution in [1.82, 2.24) is 4.98 Å². The molecule has 0 saturated carbocycles. The maximum atomic E-state index is 11.8. The molecule has 0 aliphatic heterocycles. The summed E-state index contributed by atoms with van der Waals surface area (Å²) < 4.78 is 0. The number of anilines is 2. The molecule has 0 bridgehead atoms. The first kappa shape index (κ1) is 12.1. The number of aryl methyl sites for hydroxylation is 1. The lowest BCUT2D eigenvalue weighted by molar-refractivity contribution is 0.262. The molecule has 2 aromatic rings. The summed E-state index contributed by atoms with van der Waals surface area (Å²) in [4.78, 5) is 15.8. The van der Waals surface area contributed by atoms with Crippen LogP contribution in [0.5, 0.6) is 0 Å². The van der Waals surface area contributed by atoms with Gasteiger partial charge in [-0.2, -0.15) is 0 Å². The number of carbonyl (C=O) groups excluding carboxylic acids is 1. The van der Waals surface area contributed by atoms with Crippen molar-refractivity contribution in [3.63, 3.8) is 0 Å². The lowest BCUT2D eigenvalue weighted by Crippen LogP contribution is -2.20. The molecule has 0 unspecified atom stereocenters. The number of benzene rings is 1. The van der Waals surface area contributed by atoms with Crippen LogP contribution in [0.25, 0.3) is 0 Å². The van der Waals surface area contributed by atoms with Gasteiger partial charge in [-0.3, -0.25) is 5.32 Å². The average molecular weight is 241 g/mol. The van der Waals surface area contributed by atoms with E-state index in [1.165, 1.54) is 0 Å². The topological polar surface area (TPSA) is 54.0 Å². The molecule has 4 heteroatoms. The molecule has 4 nitrogen and oxygen atoms in total. The average Bonchev–Trinajstić information content (AvgIpc) is 2.36. The highest BCUT2D eigenvalue weighted by Crippen LogP contribution is 2.18. The summed E-state index contributed by atoms with van der Waals surface area (Å²) in [5.41, 5.74) is 3.02. The van der Waals surface area contributed by atoms with E-state index in [0.29, 0.717) is 5.82 Å². The SMILES string of the molecule is Cc1cccc(NC(=O)Nc2ccccn2)c1C. The molecule has 0 radical (unpaired) electrons. The summed E-state index contributed by atoms with van der Waals surface area (Å²) >= 11 is 0. The number of hydrogen-bond donors (Lipinski definition) is 2. The van der Waals surface area contributed by atoms with Gasteiger partial charge in [-0.1, -0.05) is 18.2 Å². The van der Waals surface area contributed by atoms with Crippen LogP contribution >= 0.6 is 0 Å². The molecule has 2 rings (SSSR count). The molecule has 92 valence electrons. The van der Waals surface area contributed by atoms with E-state index < -0.39 is 0 Å². The summed E-state index contributed by atoms with van der Waals surface area (Å²) in [5, 5.41) is 5.49. The monoisotopic (exact) mass is 241 g/mol. The first-order valence-corrected chi connectivity index (χ1v) is 5.72. The molecule has 2 N–H and O–H groups in total. The fourth-order valence-electron chi connectivity index (χ4n) is 1.59. The van der Waals surface area contributed by atoms with Crippen LogP contribution in [0.4, 0.5) is 16.3 Å². The summed E-state index contributed by atoms with van der Waals surface area (Å²) in [6.45, 7) is 3.99. The fourth-order valence-corrected chi connectivity index (χ4v) is 1.59. The van der Waals surface area contributed by atoms with Crippen molar-refractivity contribution in [3.8, 4) is 0 Å². The number of urea groups is 1. The Kier molecular flexibility index (Phi) is 3.57. The first-order valence-electron chi connectivity index (χ1n) is 5.72. The standard InChI is InChI=1S/C14H15N3O/c1-10-6-5-7-12(11(10)2)16-14(18)17-13-8-3-4-9-15-13/h3-9H,1-2H3,(H2,15,16,17,18). The van der Waals surface area contributed by atoms with Gasteiger partial charge < -0.3 is 5.32 Å². The van der Waals surface area contributed by atoms with Crippen molar-refractivity contribution in [2.24, 2.45) is 0 Å². The molecule has 1 heterocycles. The molecule has 1 aromatic heterocycles. The van der Waals surface area contributed by atoms with Crippen molar-refractivity contribution in [2.75, 3.05) is 10.6 Å². The zero-order valence-corrected chi connectivity index (χ0v) is 10.4. The number of rotatable bonds is 2. The summed E-state index contributed by atoms with van der Waals surface area (Å²) in [7, 11) is 0. The van der Waals surface area contributed by atoms with E-state index in [2.05, 4.69) is 15.6 Å². The molecule has 18 heavy (non-hydrogen) atoms. The van der Waals surface area contributed by atoms with Crippen LogP contribution in [0.3, 0.4) is 0 Å². The zero-order chi connectivity index (χ0) is 13.0. The van der Waals surface area contributed by atoms with Crippen LogP contribution in [0.1, 0.15) is 11.1 Å². The van der Waals surface area contributed by atoms with Crippen molar-refractivity contribution >= 4 is 17.5 Å². The van der Waals surface area contributed by atoms with E-state index in [-0.39, 0.29) is 6.03 Å². The third kappa shape index (κ3) is 2.85. The highest BCUT2D eigenvalue weighted by atomic mass is 16.2. The summed E-state index contributed by atoms with van der Waals surface area (Å²) in [6, 6.07) is 10.9. The third-order valence-electron chi connectivity index (χ3n) is 2.76. The van der Waals surface area contributed by atoms with Gasteiger partial charge in [0.2, 0.25) is 0 Å². The maximum absolute atomic E-state index is 11.8. The Morgan fingerprint density at radius 1 is 1.06 bits per heavy atom. The Balaban J connectivity index is 2.06. The molecule has 2 amide bonds. The van der Waals surface area contributed by atoms with Crippen molar-refractivity contribution < 1.29 is 4.79 Å². The van der Waals surface area contributed by atoms with Crippen LogP contribution in [-0.2, 0) is 0 Å². The van der Waals surface area contributed by atoms with Crippen molar-refractivity contribution in [1.29, 1.82) is 0 Å². The van der Waals surface area contributed by atoms with Crippen LogP contribution in [0, 0.1) is 13.8 Å². The number of carbonyl (C=O) groups is 1. The second kappa shape index (κ2) is 5.31. The Bertz CT molecular complexity index is 552. The Labute approximate surface area is 106 Å². The number of nitrogens with zero attached hydrogens (tertiary/aromatic N) is 1. The Morgan fingerprint density at radius 3 is 2.61 bits per heavy atom. The minimum absolute atomic E-state index is 0.289. The first-order chi connectivity index (χ1) is 8.66. The largest absolute Gasteiger partial charge is 0.324 e. The van der Waals surface area contributed by atoms with Crippen LogP contribution in [-0.4, -0.2) is 11.0 Å². The minimum atomic E-state index is -0.289. The molecular weight excluding hydrogens is 226 g/mol. The van der Waals surface area contributed by atoms with Gasteiger partial charge in [0.1, 0.15) is 5.82 Å². The zero-order valence-electron chi connectivity index (χ0n) is 10.4. The molecule has 0 aliphatic carbocycles. The number of hydrogen-bond acceptors (Lipinski definition) is 2. The van der Waals surface area contributed by atoms with E-state index in [1.54, 1.807) is 18.3 Å². The number of aromatic nitrogens is 1. The maximum Gasteiger partial charge on any atom is 0.324 e. The van der Waals surface area contributed by atoms with Gasteiger partial charge in [-0.15, -0.1) is 0 Å². The lowest BCUT2D eigenvalue weighted by atomic mass is 10.1. The lowest BCUT2D eigenvalue weighted by Gasteiger charge is -2.10. The van der Waals surface area contributed by atoms with Gasteiger partial charge in [0.25, 0.3) is 0 Å². The molecule has 0 saturated heterocycles. The third-order valence-corrected chi connectivity index (χ3v) is 2.76. The van der Waals surface area contributed by atoms with Gasteiger partial charge in [0, 0.05) is 11.9 Å². The van der Waals surface area contributed by atoms with E-state index in [1.807, 2.05) is 38.1 Å². The fraction of sp³-hybridized carbons (Fsp3) is 0.143. The molecule has 0 spiro atoms. The summed E-state index contributed by atoms with van der Waals surface area (Å²) in [6.07, 6.45) is 1.63. The highest BCUT2D eigenvalue weighted by molar-refractivity contribution is 5.99. The van der Waals surface area contributed by atoms with E-state index in [9.17, 15) is 4.79 Å². The molecule has 0 aliphatic rings. The molecule has 0 fully saturated rings. The van der Waals surface area contributed by atoms with Crippen molar-refractivity contribution in [2.45, 2.75) is 13.8 Å². The molecular formula is C14H15N3O. The van der Waals surface area contributed by atoms with Crippen LogP contribution < -0.4 is 10.6 Å². The predicted molar refractivity (Wildman–Crippen MR) is 72.8 cm³/mol. The van der Waals surface area contributed by atoms with Crippen LogP contribution in [0.15, 0.2) is 42.6 Å². The van der Waals surface area contributed by atoms with E-state index in [4.69, 9.17) is 0 Å². The minimum Gasteiger partial charge on any atom is -0.307 e. The van der Waals surface area contributed by atoms with E-state index >= 15 is 0 Å².